The third-order valence-electron chi connectivity index (χ3n) is 9.24. The molecule has 7 rings (SSSR count). The molecule has 7 aromatic rings. The first-order chi connectivity index (χ1) is 26.7. The van der Waals surface area contributed by atoms with Crippen LogP contribution in [-0.4, -0.2) is 23.6 Å². The standard InChI is InChI=1S/C45H37N3O6S/c49-48(50)42-24-16-34(17-25-42)33-54-45-32-38(35-22-26-41(27-23-35)47(39-10-3-1-4-11-39)40-12-5-2-6-13-40)21-20-37(45)19-18-36-28-30-46(29-9-31-55(51,52)53)44-15-8-7-14-43(36)44/h1-8,10-28,30,32H,9,29,31,33H2/p+1. The molecule has 0 bridgehead atoms. The van der Waals surface area contributed by atoms with Gasteiger partial charge in [0.1, 0.15) is 18.9 Å². The number of rotatable bonds is 14. The topological polar surface area (TPSA) is 114 Å². The predicted octanol–water partition coefficient (Wildman–Crippen LogP) is 10.2. The number of aryl methyl sites for hydroxylation is 1. The zero-order valence-electron chi connectivity index (χ0n) is 29.8. The molecule has 6 aromatic carbocycles. The van der Waals surface area contributed by atoms with Crippen LogP contribution in [0.3, 0.4) is 0 Å². The van der Waals surface area contributed by atoms with Crippen molar-refractivity contribution in [2.45, 2.75) is 19.6 Å². The summed E-state index contributed by atoms with van der Waals surface area (Å²) in [6.45, 7) is 0.645. The lowest BCUT2D eigenvalue weighted by molar-refractivity contribution is -0.671. The van der Waals surface area contributed by atoms with E-state index in [2.05, 4.69) is 59.5 Å². The summed E-state index contributed by atoms with van der Waals surface area (Å²) < 4.78 is 40.2. The molecule has 1 N–H and O–H groups in total. The second kappa shape index (κ2) is 16.6. The number of para-hydroxylation sites is 3. The van der Waals surface area contributed by atoms with E-state index < -0.39 is 15.0 Å². The van der Waals surface area contributed by atoms with Crippen molar-refractivity contribution in [2.75, 3.05) is 10.7 Å². The Morgan fingerprint density at radius 2 is 1.29 bits per heavy atom. The van der Waals surface area contributed by atoms with E-state index >= 15 is 0 Å². The first-order valence-electron chi connectivity index (χ1n) is 17.8. The van der Waals surface area contributed by atoms with Gasteiger partial charge >= 0.3 is 0 Å². The maximum atomic E-state index is 11.3. The lowest BCUT2D eigenvalue weighted by Crippen LogP contribution is -2.35. The third kappa shape index (κ3) is 9.13. The van der Waals surface area contributed by atoms with Crippen LogP contribution >= 0.6 is 0 Å². The molecule has 1 aromatic heterocycles. The van der Waals surface area contributed by atoms with Crippen molar-refractivity contribution < 1.29 is 27.2 Å². The van der Waals surface area contributed by atoms with Gasteiger partial charge in [0.05, 0.1) is 16.1 Å². The molecule has 0 spiro atoms. The molecule has 0 aliphatic rings. The maximum absolute atomic E-state index is 11.3. The average molecular weight is 749 g/mol. The van der Waals surface area contributed by atoms with Gasteiger partial charge < -0.3 is 9.64 Å². The lowest BCUT2D eigenvalue weighted by Gasteiger charge is -2.25. The maximum Gasteiger partial charge on any atom is 0.269 e. The Morgan fingerprint density at radius 1 is 0.691 bits per heavy atom. The molecular weight excluding hydrogens is 711 g/mol. The van der Waals surface area contributed by atoms with E-state index in [1.54, 1.807) is 12.1 Å². The molecule has 0 radical (unpaired) electrons. The van der Waals surface area contributed by atoms with E-state index in [1.165, 1.54) is 12.1 Å². The quantitative estimate of drug-likeness (QED) is 0.0510. The third-order valence-corrected chi connectivity index (χ3v) is 10.0. The highest BCUT2D eigenvalue weighted by Crippen LogP contribution is 2.36. The molecule has 274 valence electrons. The SMILES string of the molecule is O=[N+]([O-])c1ccc(COc2cc(-c3ccc(N(c4ccccc4)c4ccccc4)cc3)ccc2/C=C/c2cc[n+](CCCS(=O)(=O)O)c3ccccc23)cc1. The van der Waals surface area contributed by atoms with Crippen molar-refractivity contribution in [1.82, 2.24) is 0 Å². The number of ether oxygens (including phenoxy) is 1. The minimum absolute atomic E-state index is 0.0192. The predicted molar refractivity (Wildman–Crippen MR) is 218 cm³/mol. The Labute approximate surface area is 319 Å². The Kier molecular flexibility index (Phi) is 11.1. The minimum Gasteiger partial charge on any atom is -0.488 e. The van der Waals surface area contributed by atoms with Crippen molar-refractivity contribution >= 4 is 55.9 Å². The van der Waals surface area contributed by atoms with Gasteiger partial charge in [0, 0.05) is 53.3 Å². The minimum atomic E-state index is -4.04. The summed E-state index contributed by atoms with van der Waals surface area (Å²) in [6.07, 6.45) is 6.22. The first-order valence-corrected chi connectivity index (χ1v) is 19.4. The van der Waals surface area contributed by atoms with Gasteiger partial charge in [-0.25, -0.2) is 0 Å². The number of aromatic nitrogens is 1. The second-order valence-corrected chi connectivity index (χ2v) is 14.5. The van der Waals surface area contributed by atoms with Crippen LogP contribution in [0.2, 0.25) is 0 Å². The monoisotopic (exact) mass is 748 g/mol. The molecule has 0 saturated heterocycles. The zero-order valence-corrected chi connectivity index (χ0v) is 30.6. The molecule has 0 unspecified atom stereocenters. The largest absolute Gasteiger partial charge is 0.488 e. The average Bonchev–Trinajstić information content (AvgIpc) is 3.21. The summed E-state index contributed by atoms with van der Waals surface area (Å²) in [4.78, 5) is 13.0. The number of pyridine rings is 1. The van der Waals surface area contributed by atoms with E-state index in [1.807, 2.05) is 102 Å². The van der Waals surface area contributed by atoms with Crippen LogP contribution in [-0.2, 0) is 23.3 Å². The number of hydrogen-bond donors (Lipinski definition) is 1. The normalized spacial score (nSPS) is 11.5. The van der Waals surface area contributed by atoms with E-state index in [-0.39, 0.29) is 24.5 Å². The number of nitro benzene ring substituents is 1. The van der Waals surface area contributed by atoms with Gasteiger partial charge in [-0.3, -0.25) is 14.7 Å². The molecule has 0 fully saturated rings. The molecule has 1 heterocycles. The zero-order chi connectivity index (χ0) is 38.2. The Balaban J connectivity index is 1.20. The fourth-order valence-corrected chi connectivity index (χ4v) is 7.00. The van der Waals surface area contributed by atoms with E-state index in [9.17, 15) is 23.1 Å². The highest BCUT2D eigenvalue weighted by molar-refractivity contribution is 7.85. The van der Waals surface area contributed by atoms with Crippen molar-refractivity contribution in [3.63, 3.8) is 0 Å². The van der Waals surface area contributed by atoms with Crippen LogP contribution < -0.4 is 14.2 Å². The van der Waals surface area contributed by atoms with Crippen LogP contribution in [0.4, 0.5) is 22.7 Å². The Hall–Kier alpha value is -6.62. The number of fused-ring (bicyclic) bond motifs is 1. The fraction of sp³-hybridized carbons (Fsp3) is 0.0889. The smallest absolute Gasteiger partial charge is 0.269 e. The number of hydrogen-bond acceptors (Lipinski definition) is 6. The molecule has 55 heavy (non-hydrogen) atoms. The fourth-order valence-electron chi connectivity index (χ4n) is 6.50. The lowest BCUT2D eigenvalue weighted by atomic mass is 10.0. The first kappa shape index (κ1) is 36.7. The molecule has 0 aliphatic heterocycles. The van der Waals surface area contributed by atoms with E-state index in [0.29, 0.717) is 12.3 Å². The van der Waals surface area contributed by atoms with Crippen molar-refractivity contribution in [1.29, 1.82) is 0 Å². The van der Waals surface area contributed by atoms with Crippen LogP contribution in [0.25, 0.3) is 34.2 Å². The molecule has 0 aliphatic carbocycles. The summed E-state index contributed by atoms with van der Waals surface area (Å²) in [5, 5.41) is 12.2. The highest BCUT2D eigenvalue weighted by atomic mass is 32.2. The van der Waals surface area contributed by atoms with Gasteiger partial charge in [-0.15, -0.1) is 0 Å². The summed E-state index contributed by atoms with van der Waals surface area (Å²) in [7, 11) is -4.04. The van der Waals surface area contributed by atoms with Crippen molar-refractivity contribution in [3.05, 3.63) is 191 Å². The summed E-state index contributed by atoms with van der Waals surface area (Å²) in [6, 6.07) is 51.2. The van der Waals surface area contributed by atoms with Crippen molar-refractivity contribution in [3.8, 4) is 16.9 Å². The number of anilines is 3. The molecular formula is C45H38N3O6S+. The molecule has 0 atom stereocenters. The summed E-state index contributed by atoms with van der Waals surface area (Å²) >= 11 is 0. The number of non-ortho nitro benzene ring substituents is 1. The summed E-state index contributed by atoms with van der Waals surface area (Å²) in [5.41, 5.74) is 8.65. The van der Waals surface area contributed by atoms with Crippen LogP contribution in [0.5, 0.6) is 5.75 Å². The second-order valence-electron chi connectivity index (χ2n) is 13.0. The van der Waals surface area contributed by atoms with Gasteiger partial charge in [-0.1, -0.05) is 84.9 Å². The van der Waals surface area contributed by atoms with Gasteiger partial charge in [-0.05, 0) is 82.9 Å². The molecule has 0 saturated carbocycles. The number of benzene rings is 6. The van der Waals surface area contributed by atoms with Gasteiger partial charge in [-0.2, -0.15) is 13.0 Å². The van der Waals surface area contributed by atoms with Crippen LogP contribution in [0, 0.1) is 10.1 Å². The van der Waals surface area contributed by atoms with Gasteiger partial charge in [0.15, 0.2) is 6.20 Å². The van der Waals surface area contributed by atoms with Gasteiger partial charge in [0.2, 0.25) is 5.52 Å². The van der Waals surface area contributed by atoms with E-state index in [0.717, 1.165) is 55.8 Å². The Morgan fingerprint density at radius 3 is 1.95 bits per heavy atom. The van der Waals surface area contributed by atoms with Crippen LogP contribution in [0.1, 0.15) is 23.1 Å². The van der Waals surface area contributed by atoms with E-state index in [4.69, 9.17) is 4.74 Å². The molecule has 10 heteroatoms. The highest BCUT2D eigenvalue weighted by Gasteiger charge is 2.15. The number of nitro groups is 1. The summed E-state index contributed by atoms with van der Waals surface area (Å²) in [5.74, 6) is 0.338. The number of nitrogens with zero attached hydrogens (tertiary/aromatic N) is 3. The van der Waals surface area contributed by atoms with Gasteiger partial charge in [0.25, 0.3) is 15.8 Å². The molecule has 9 nitrogen and oxygen atoms in total. The van der Waals surface area contributed by atoms with Crippen molar-refractivity contribution in [2.24, 2.45) is 0 Å². The van der Waals surface area contributed by atoms with Crippen LogP contribution in [0.15, 0.2) is 164 Å². The molecule has 0 amide bonds. The Bertz CT molecular complexity index is 2520.